The highest BCUT2D eigenvalue weighted by Crippen LogP contribution is 2.23. The molecule has 2 amide bonds. The highest BCUT2D eigenvalue weighted by Gasteiger charge is 2.24. The van der Waals surface area contributed by atoms with Gasteiger partial charge in [0.2, 0.25) is 0 Å². The summed E-state index contributed by atoms with van der Waals surface area (Å²) in [6.45, 7) is 0. The Balaban J connectivity index is 1.53. The minimum absolute atomic E-state index is 0.325. The summed E-state index contributed by atoms with van der Waals surface area (Å²) >= 11 is 0. The number of aromatic nitrogens is 2. The first kappa shape index (κ1) is 18.2. The van der Waals surface area contributed by atoms with Gasteiger partial charge in [-0.05, 0) is 24.3 Å². The van der Waals surface area contributed by atoms with Crippen molar-refractivity contribution in [3.8, 4) is 0 Å². The molecule has 1 aromatic carbocycles. The third-order valence-corrected chi connectivity index (χ3v) is 4.35. The summed E-state index contributed by atoms with van der Waals surface area (Å²) in [5, 5.41) is 8.54. The molecule has 0 saturated heterocycles. The fourth-order valence-corrected chi connectivity index (χ4v) is 2.91. The van der Waals surface area contributed by atoms with Crippen LogP contribution >= 0.6 is 0 Å². The molecule has 1 aliphatic carbocycles. The third-order valence-electron chi connectivity index (χ3n) is 4.35. The molecule has 0 atom stereocenters. The quantitative estimate of drug-likeness (QED) is 0.672. The molecule has 2 heterocycles. The predicted molar refractivity (Wildman–Crippen MR) is 108 cm³/mol. The Morgan fingerprint density at radius 3 is 1.52 bits per heavy atom. The van der Waals surface area contributed by atoms with Gasteiger partial charge in [-0.25, -0.2) is 10.9 Å². The van der Waals surface area contributed by atoms with Crippen molar-refractivity contribution in [3.05, 3.63) is 95.6 Å². The van der Waals surface area contributed by atoms with E-state index in [1.807, 2.05) is 24.3 Å². The zero-order chi connectivity index (χ0) is 20.1. The van der Waals surface area contributed by atoms with E-state index >= 15 is 0 Å². The molecule has 8 heteroatoms. The zero-order valence-corrected chi connectivity index (χ0v) is 15.2. The van der Waals surface area contributed by atoms with E-state index in [9.17, 15) is 9.59 Å². The number of nitrogens with one attached hydrogen (secondary N) is 2. The minimum Gasteiger partial charge on any atom is -0.267 e. The molecule has 8 nitrogen and oxygen atoms in total. The third kappa shape index (κ3) is 4.06. The number of hydrogen-bond donors (Lipinski definition) is 2. The van der Waals surface area contributed by atoms with Crippen LogP contribution in [0.15, 0.2) is 83.5 Å². The van der Waals surface area contributed by atoms with E-state index in [0.717, 1.165) is 11.1 Å². The number of hydrogen-bond acceptors (Lipinski definition) is 6. The van der Waals surface area contributed by atoms with E-state index < -0.39 is 0 Å². The molecule has 4 rings (SSSR count). The number of carbonyl (C=O) groups excluding carboxylic acids is 2. The minimum atomic E-state index is -0.325. The number of benzene rings is 1. The van der Waals surface area contributed by atoms with Crippen LogP contribution in [0.1, 0.15) is 38.3 Å². The summed E-state index contributed by atoms with van der Waals surface area (Å²) < 4.78 is 0. The number of rotatable bonds is 4. The molecule has 0 spiro atoms. The normalized spacial score (nSPS) is 15.2. The van der Waals surface area contributed by atoms with Crippen LogP contribution in [0.3, 0.4) is 0 Å². The lowest BCUT2D eigenvalue weighted by molar-refractivity contribution is 0.0947. The van der Waals surface area contributed by atoms with Crippen LogP contribution in [0.2, 0.25) is 0 Å². The largest absolute Gasteiger partial charge is 0.271 e. The lowest BCUT2D eigenvalue weighted by Crippen LogP contribution is -2.20. The summed E-state index contributed by atoms with van der Waals surface area (Å²) in [7, 11) is 0. The van der Waals surface area contributed by atoms with E-state index in [2.05, 4.69) is 31.0 Å². The molecule has 0 unspecified atom stereocenters. The van der Waals surface area contributed by atoms with Gasteiger partial charge in [0.15, 0.2) is 0 Å². The van der Waals surface area contributed by atoms with Gasteiger partial charge in [-0.2, -0.15) is 10.2 Å². The topological polar surface area (TPSA) is 109 Å². The lowest BCUT2D eigenvalue weighted by atomic mass is 10.1. The Kier molecular flexibility index (Phi) is 5.15. The molecule has 0 saturated carbocycles. The fourth-order valence-electron chi connectivity index (χ4n) is 2.91. The Bertz CT molecular complexity index is 1020. The van der Waals surface area contributed by atoms with Crippen LogP contribution in [0.4, 0.5) is 0 Å². The predicted octanol–water partition coefficient (Wildman–Crippen LogP) is 2.15. The second kappa shape index (κ2) is 8.22. The zero-order valence-electron chi connectivity index (χ0n) is 15.2. The molecule has 2 N–H and O–H groups in total. The fraction of sp³-hybridized carbons (Fsp3) is 0.0476. The van der Waals surface area contributed by atoms with Gasteiger partial charge in [0.25, 0.3) is 11.8 Å². The average Bonchev–Trinajstić information content (AvgIpc) is 3.15. The Hall–Kier alpha value is -4.20. The number of carbonyl (C=O) groups is 2. The molecule has 29 heavy (non-hydrogen) atoms. The van der Waals surface area contributed by atoms with Crippen molar-refractivity contribution >= 4 is 23.2 Å². The number of pyridine rings is 2. The van der Waals surface area contributed by atoms with Crippen LogP contribution in [0.25, 0.3) is 0 Å². The van der Waals surface area contributed by atoms with E-state index in [1.165, 1.54) is 0 Å². The average molecular weight is 384 g/mol. The Labute approximate surface area is 166 Å². The monoisotopic (exact) mass is 384 g/mol. The molecule has 1 aliphatic rings. The van der Waals surface area contributed by atoms with Gasteiger partial charge < -0.3 is 0 Å². The van der Waals surface area contributed by atoms with Crippen molar-refractivity contribution in [1.29, 1.82) is 0 Å². The van der Waals surface area contributed by atoms with Crippen molar-refractivity contribution < 1.29 is 9.59 Å². The Morgan fingerprint density at radius 1 is 0.690 bits per heavy atom. The van der Waals surface area contributed by atoms with Crippen molar-refractivity contribution in [2.24, 2.45) is 10.2 Å². The SMILES string of the molecule is O=C(N/N=C1/C/C(=N/NC(=O)c2ccncc2)c2ccccc21)c1ccncc1. The standard InChI is InChI=1S/C21H16N6O2/c28-20(14-5-9-22-10-6-14)26-24-18-13-19(17-4-2-1-3-16(17)18)25-27-21(29)15-7-11-23-12-8-15/h1-12H,13H2,(H,26,28)(H,27,29)/b24-18-,25-19-. The van der Waals surface area contributed by atoms with Crippen LogP contribution in [-0.4, -0.2) is 33.2 Å². The summed E-state index contributed by atoms with van der Waals surface area (Å²) in [6.07, 6.45) is 6.56. The van der Waals surface area contributed by atoms with E-state index in [0.29, 0.717) is 29.0 Å². The van der Waals surface area contributed by atoms with Crippen molar-refractivity contribution in [2.45, 2.75) is 6.42 Å². The summed E-state index contributed by atoms with van der Waals surface area (Å²) in [5.74, 6) is -0.650. The van der Waals surface area contributed by atoms with Gasteiger partial charge in [-0.15, -0.1) is 0 Å². The molecular formula is C21H16N6O2. The van der Waals surface area contributed by atoms with E-state index in [1.54, 1.807) is 49.1 Å². The second-order valence-electron chi connectivity index (χ2n) is 6.19. The molecule has 142 valence electrons. The van der Waals surface area contributed by atoms with Crippen molar-refractivity contribution in [3.63, 3.8) is 0 Å². The number of nitrogens with zero attached hydrogens (tertiary/aromatic N) is 4. The molecule has 0 radical (unpaired) electrons. The second-order valence-corrected chi connectivity index (χ2v) is 6.19. The first-order valence-electron chi connectivity index (χ1n) is 8.86. The first-order chi connectivity index (χ1) is 14.2. The smallest absolute Gasteiger partial charge is 0.267 e. The Morgan fingerprint density at radius 2 is 1.10 bits per heavy atom. The van der Waals surface area contributed by atoms with Crippen LogP contribution in [0.5, 0.6) is 0 Å². The van der Waals surface area contributed by atoms with E-state index in [4.69, 9.17) is 0 Å². The summed E-state index contributed by atoms with van der Waals surface area (Å²) in [4.78, 5) is 32.2. The van der Waals surface area contributed by atoms with E-state index in [-0.39, 0.29) is 11.8 Å². The maximum absolute atomic E-state index is 12.2. The van der Waals surface area contributed by atoms with Gasteiger partial charge in [-0.3, -0.25) is 19.6 Å². The van der Waals surface area contributed by atoms with Crippen LogP contribution in [0, 0.1) is 0 Å². The molecule has 0 aliphatic heterocycles. The molecule has 0 bridgehead atoms. The molecule has 3 aromatic rings. The van der Waals surface area contributed by atoms with Gasteiger partial charge in [0.1, 0.15) is 0 Å². The maximum atomic E-state index is 12.2. The van der Waals surface area contributed by atoms with Gasteiger partial charge in [-0.1, -0.05) is 24.3 Å². The summed E-state index contributed by atoms with van der Waals surface area (Å²) in [6, 6.07) is 14.0. The van der Waals surface area contributed by atoms with Gasteiger partial charge >= 0.3 is 0 Å². The maximum Gasteiger partial charge on any atom is 0.271 e. The molecular weight excluding hydrogens is 368 g/mol. The van der Waals surface area contributed by atoms with Crippen molar-refractivity contribution in [2.75, 3.05) is 0 Å². The molecule has 2 aromatic heterocycles. The molecule has 0 fully saturated rings. The van der Waals surface area contributed by atoms with Crippen LogP contribution in [-0.2, 0) is 0 Å². The van der Waals surface area contributed by atoms with Crippen molar-refractivity contribution in [1.82, 2.24) is 20.8 Å². The first-order valence-corrected chi connectivity index (χ1v) is 8.86. The lowest BCUT2D eigenvalue weighted by Gasteiger charge is -2.01. The van der Waals surface area contributed by atoms with Gasteiger partial charge in [0.05, 0.1) is 11.4 Å². The van der Waals surface area contributed by atoms with Gasteiger partial charge in [0, 0.05) is 53.5 Å². The highest BCUT2D eigenvalue weighted by molar-refractivity contribution is 6.28. The number of amides is 2. The highest BCUT2D eigenvalue weighted by atomic mass is 16.2. The summed E-state index contributed by atoms with van der Waals surface area (Å²) in [5.41, 5.74) is 9.12. The number of hydrazone groups is 2. The number of fused-ring (bicyclic) bond motifs is 1. The van der Waals surface area contributed by atoms with Crippen LogP contribution < -0.4 is 10.9 Å².